The van der Waals surface area contributed by atoms with Crippen LogP contribution in [-0.4, -0.2) is 20.2 Å². The molecule has 0 aliphatic carbocycles. The Morgan fingerprint density at radius 3 is 2.44 bits per heavy atom. The molecule has 0 saturated carbocycles. The van der Waals surface area contributed by atoms with Gasteiger partial charge in [-0.15, -0.1) is 4.91 Å². The van der Waals surface area contributed by atoms with E-state index in [1.165, 1.54) is 11.1 Å². The van der Waals surface area contributed by atoms with Gasteiger partial charge >= 0.3 is 0 Å². The minimum Gasteiger partial charge on any atom is -0.224 e. The molecule has 1 atom stereocenters. The molecule has 2 rings (SSSR count). The van der Waals surface area contributed by atoms with Crippen LogP contribution < -0.4 is 5.01 Å². The third-order valence-corrected chi connectivity index (χ3v) is 3.71. The quantitative estimate of drug-likeness (QED) is 0.591. The zero-order valence-corrected chi connectivity index (χ0v) is 9.17. The number of para-hydroxylation sites is 1. The average Bonchev–Trinajstić information content (AvgIpc) is 2.62. The largest absolute Gasteiger partial charge is 0.224 e. The van der Waals surface area contributed by atoms with E-state index >= 15 is 0 Å². The second-order valence-corrected chi connectivity index (χ2v) is 5.42. The normalized spacial score (nSPS) is 21.9. The van der Waals surface area contributed by atoms with E-state index in [2.05, 4.69) is 5.29 Å². The zero-order chi connectivity index (χ0) is 11.6. The molecule has 0 unspecified atom stereocenters. The van der Waals surface area contributed by atoms with Gasteiger partial charge in [0.2, 0.25) is 0 Å². The van der Waals surface area contributed by atoms with E-state index < -0.39 is 15.9 Å². The van der Waals surface area contributed by atoms with Crippen molar-refractivity contribution >= 4 is 15.5 Å². The highest BCUT2D eigenvalue weighted by molar-refractivity contribution is 7.94. The smallest absolute Gasteiger partial charge is 0.173 e. The molecular formula is C10H10N2O3S. The molecule has 16 heavy (non-hydrogen) atoms. The summed E-state index contributed by atoms with van der Waals surface area (Å²) in [7, 11) is -3.18. The predicted octanol–water partition coefficient (Wildman–Crippen LogP) is 1.49. The Hall–Kier alpha value is -1.69. The van der Waals surface area contributed by atoms with Crippen molar-refractivity contribution in [3.63, 3.8) is 0 Å². The molecular weight excluding hydrogens is 228 g/mol. The summed E-state index contributed by atoms with van der Waals surface area (Å²) in [5.74, 6) is -0.104. The molecule has 1 heterocycles. The summed E-state index contributed by atoms with van der Waals surface area (Å²) in [5.41, 5.74) is 0.587. The van der Waals surface area contributed by atoms with Gasteiger partial charge in [-0.2, -0.15) is 0 Å². The molecule has 0 bridgehead atoms. The number of rotatable bonds is 3. The standard InChI is InChI=1S/C10H10N2O3S/c13-11-12(9-4-2-1-3-5-9)10-6-7-16(14,15)8-10/h1-7,10H,8H2/t10-/m1/s1. The summed E-state index contributed by atoms with van der Waals surface area (Å²) >= 11 is 0. The maximum Gasteiger partial charge on any atom is 0.173 e. The summed E-state index contributed by atoms with van der Waals surface area (Å²) < 4.78 is 22.5. The molecule has 0 fully saturated rings. The number of nitrogens with zero attached hydrogens (tertiary/aromatic N) is 2. The molecule has 0 aromatic heterocycles. The maximum atomic E-state index is 11.2. The van der Waals surface area contributed by atoms with Crippen LogP contribution in [0.4, 0.5) is 5.69 Å². The van der Waals surface area contributed by atoms with E-state index in [9.17, 15) is 13.3 Å². The van der Waals surface area contributed by atoms with Gasteiger partial charge in [-0.1, -0.05) is 18.2 Å². The number of benzene rings is 1. The molecule has 0 amide bonds. The Labute approximate surface area is 93.2 Å². The fourth-order valence-corrected chi connectivity index (χ4v) is 2.85. The van der Waals surface area contributed by atoms with Gasteiger partial charge in [-0.25, -0.2) is 13.4 Å². The highest BCUT2D eigenvalue weighted by atomic mass is 32.2. The van der Waals surface area contributed by atoms with Gasteiger partial charge in [0.25, 0.3) is 0 Å². The van der Waals surface area contributed by atoms with Crippen molar-refractivity contribution in [1.82, 2.24) is 0 Å². The van der Waals surface area contributed by atoms with Gasteiger partial charge < -0.3 is 0 Å². The first-order valence-corrected chi connectivity index (χ1v) is 6.42. The summed E-state index contributed by atoms with van der Waals surface area (Å²) in [6.07, 6.45) is 1.48. The molecule has 0 saturated heterocycles. The van der Waals surface area contributed by atoms with Gasteiger partial charge in [0, 0.05) is 5.41 Å². The molecule has 1 aliphatic heterocycles. The minimum atomic E-state index is -3.18. The molecule has 1 aromatic rings. The second-order valence-electron chi connectivity index (χ2n) is 3.49. The van der Waals surface area contributed by atoms with Crippen LogP contribution in [0.15, 0.2) is 47.1 Å². The minimum absolute atomic E-state index is 0.104. The lowest BCUT2D eigenvalue weighted by Crippen LogP contribution is -2.31. The topological polar surface area (TPSA) is 66.8 Å². The summed E-state index contributed by atoms with van der Waals surface area (Å²) in [6, 6.07) is 8.25. The van der Waals surface area contributed by atoms with Crippen LogP contribution in [0, 0.1) is 4.91 Å². The summed E-state index contributed by atoms with van der Waals surface area (Å²) in [4.78, 5) is 10.8. The van der Waals surface area contributed by atoms with Gasteiger partial charge in [0.15, 0.2) is 9.84 Å². The SMILES string of the molecule is O=NN(c1ccccc1)[C@@H]1C=CS(=O)(=O)C1. The third-order valence-electron chi connectivity index (χ3n) is 2.33. The summed E-state index contributed by atoms with van der Waals surface area (Å²) in [6.45, 7) is 0. The van der Waals surface area contributed by atoms with Gasteiger partial charge in [0.05, 0.1) is 22.8 Å². The molecule has 84 valence electrons. The molecule has 1 aromatic carbocycles. The van der Waals surface area contributed by atoms with E-state index in [0.717, 1.165) is 5.41 Å². The number of nitroso groups, excluding NO2 is 1. The van der Waals surface area contributed by atoms with Gasteiger partial charge in [0.1, 0.15) is 0 Å². The molecule has 0 radical (unpaired) electrons. The van der Waals surface area contributed by atoms with Crippen molar-refractivity contribution in [2.24, 2.45) is 5.29 Å². The lowest BCUT2D eigenvalue weighted by atomic mass is 10.2. The number of hydrogen-bond donors (Lipinski definition) is 0. The Morgan fingerprint density at radius 1 is 1.25 bits per heavy atom. The van der Waals surface area contributed by atoms with Crippen LogP contribution >= 0.6 is 0 Å². The van der Waals surface area contributed by atoms with Crippen LogP contribution in [0.3, 0.4) is 0 Å². The van der Waals surface area contributed by atoms with E-state index in [0.29, 0.717) is 5.69 Å². The van der Waals surface area contributed by atoms with Crippen LogP contribution in [0.2, 0.25) is 0 Å². The average molecular weight is 238 g/mol. The third kappa shape index (κ3) is 2.11. The Kier molecular flexibility index (Phi) is 2.74. The molecule has 5 nitrogen and oxygen atoms in total. The maximum absolute atomic E-state index is 11.2. The zero-order valence-electron chi connectivity index (χ0n) is 8.35. The van der Waals surface area contributed by atoms with Crippen molar-refractivity contribution in [1.29, 1.82) is 0 Å². The fraction of sp³-hybridized carbons (Fsp3) is 0.200. The van der Waals surface area contributed by atoms with Crippen LogP contribution in [0.5, 0.6) is 0 Å². The lowest BCUT2D eigenvalue weighted by Gasteiger charge is -2.19. The van der Waals surface area contributed by atoms with E-state index in [4.69, 9.17) is 0 Å². The molecule has 0 spiro atoms. The summed E-state index contributed by atoms with van der Waals surface area (Å²) in [5, 5.41) is 5.16. The van der Waals surface area contributed by atoms with Crippen molar-refractivity contribution in [2.45, 2.75) is 6.04 Å². The van der Waals surface area contributed by atoms with Crippen molar-refractivity contribution in [3.8, 4) is 0 Å². The van der Waals surface area contributed by atoms with E-state index in [-0.39, 0.29) is 5.75 Å². The molecule has 6 heteroatoms. The van der Waals surface area contributed by atoms with Crippen LogP contribution in [0.1, 0.15) is 0 Å². The monoisotopic (exact) mass is 238 g/mol. The van der Waals surface area contributed by atoms with Gasteiger partial charge in [-0.05, 0) is 18.2 Å². The highest BCUT2D eigenvalue weighted by Crippen LogP contribution is 2.22. The van der Waals surface area contributed by atoms with E-state index in [1.54, 1.807) is 24.3 Å². The Bertz CT molecular complexity index is 510. The van der Waals surface area contributed by atoms with Crippen molar-refractivity contribution in [3.05, 3.63) is 46.7 Å². The van der Waals surface area contributed by atoms with Crippen LogP contribution in [-0.2, 0) is 9.84 Å². The van der Waals surface area contributed by atoms with Crippen molar-refractivity contribution < 1.29 is 8.42 Å². The van der Waals surface area contributed by atoms with Crippen molar-refractivity contribution in [2.75, 3.05) is 10.8 Å². The second kappa shape index (κ2) is 4.05. The van der Waals surface area contributed by atoms with Gasteiger partial charge in [-0.3, -0.25) is 0 Å². The lowest BCUT2D eigenvalue weighted by molar-refractivity contribution is 0.602. The number of sulfone groups is 1. The fourth-order valence-electron chi connectivity index (χ4n) is 1.59. The molecule has 0 N–H and O–H groups in total. The first-order chi connectivity index (χ1) is 7.62. The number of anilines is 1. The first-order valence-electron chi connectivity index (χ1n) is 4.71. The Balaban J connectivity index is 2.26. The first kappa shape index (κ1) is 10.8. The Morgan fingerprint density at radius 2 is 1.94 bits per heavy atom. The molecule has 1 aliphatic rings. The number of hydrogen-bond acceptors (Lipinski definition) is 4. The van der Waals surface area contributed by atoms with E-state index in [1.807, 2.05) is 6.07 Å². The predicted molar refractivity (Wildman–Crippen MR) is 61.4 cm³/mol. The van der Waals surface area contributed by atoms with Crippen LogP contribution in [0.25, 0.3) is 0 Å². The highest BCUT2D eigenvalue weighted by Gasteiger charge is 2.28.